The average molecular weight is 212 g/mol. The van der Waals surface area contributed by atoms with Crippen molar-refractivity contribution >= 4 is 18.1 Å². The Morgan fingerprint density at radius 2 is 1.64 bits per heavy atom. The Balaban J connectivity index is 0.000000980. The van der Waals surface area contributed by atoms with Gasteiger partial charge >= 0.3 is 0 Å². The minimum Gasteiger partial charge on any atom is -0.371 e. The fourth-order valence-electron chi connectivity index (χ4n) is 2.05. The lowest BCUT2D eigenvalue weighted by molar-refractivity contribution is 0.577. The van der Waals surface area contributed by atoms with E-state index < -0.39 is 0 Å². The van der Waals surface area contributed by atoms with Gasteiger partial charge in [0.2, 0.25) is 0 Å². The molecule has 2 rings (SSSR count). The number of hydrogen-bond donors (Lipinski definition) is 0. The van der Waals surface area contributed by atoms with Crippen LogP contribution < -0.4 is 4.90 Å². The van der Waals surface area contributed by atoms with Crippen LogP contribution in [0.3, 0.4) is 0 Å². The van der Waals surface area contributed by atoms with Crippen LogP contribution in [-0.2, 0) is 0 Å². The Kier molecular flexibility index (Phi) is 4.27. The fraction of sp³-hybridized carbons (Fsp3) is 0.500. The second kappa shape index (κ2) is 5.26. The van der Waals surface area contributed by atoms with Gasteiger partial charge < -0.3 is 4.90 Å². The molecular formula is C12H18ClN. The molecule has 1 fully saturated rings. The van der Waals surface area contributed by atoms with Gasteiger partial charge in [0.25, 0.3) is 0 Å². The molecule has 0 saturated carbocycles. The zero-order valence-corrected chi connectivity index (χ0v) is 9.52. The van der Waals surface area contributed by atoms with Crippen LogP contribution in [0.25, 0.3) is 0 Å². The van der Waals surface area contributed by atoms with Crippen molar-refractivity contribution in [2.24, 2.45) is 0 Å². The minimum absolute atomic E-state index is 0. The van der Waals surface area contributed by atoms with Crippen LogP contribution in [0.5, 0.6) is 0 Å². The van der Waals surface area contributed by atoms with Crippen molar-refractivity contribution < 1.29 is 0 Å². The largest absolute Gasteiger partial charge is 0.371 e. The zero-order valence-electron chi connectivity index (χ0n) is 8.70. The summed E-state index contributed by atoms with van der Waals surface area (Å²) in [5, 5.41) is 0. The van der Waals surface area contributed by atoms with Crippen molar-refractivity contribution in [1.29, 1.82) is 0 Å². The molecule has 1 heterocycles. The molecule has 0 aromatic heterocycles. The summed E-state index contributed by atoms with van der Waals surface area (Å²) in [5.41, 5.74) is 2.84. The molecule has 0 aliphatic carbocycles. The summed E-state index contributed by atoms with van der Waals surface area (Å²) in [5.74, 6) is 0. The standard InChI is InChI=1S/C12H17N.ClH/c1-11-7-3-4-8-12(11)13-9-5-2-6-10-13;/h3-4,7-8H,2,5-6,9-10H2,1H3;1H. The van der Waals surface area contributed by atoms with Gasteiger partial charge in [-0.15, -0.1) is 12.4 Å². The maximum absolute atomic E-state index is 2.51. The summed E-state index contributed by atoms with van der Waals surface area (Å²) in [7, 11) is 0. The number of halogens is 1. The fourth-order valence-corrected chi connectivity index (χ4v) is 2.05. The smallest absolute Gasteiger partial charge is 0.0395 e. The van der Waals surface area contributed by atoms with E-state index in [1.54, 1.807) is 0 Å². The number of benzene rings is 1. The highest BCUT2D eigenvalue weighted by atomic mass is 35.5. The molecule has 0 bridgehead atoms. The predicted octanol–water partition coefficient (Wildman–Crippen LogP) is 3.41. The molecule has 1 aliphatic rings. The van der Waals surface area contributed by atoms with Crippen LogP contribution in [0, 0.1) is 6.92 Å². The lowest BCUT2D eigenvalue weighted by atomic mass is 10.1. The first-order valence-corrected chi connectivity index (χ1v) is 5.18. The van der Waals surface area contributed by atoms with E-state index in [4.69, 9.17) is 0 Å². The maximum Gasteiger partial charge on any atom is 0.0395 e. The van der Waals surface area contributed by atoms with Crippen molar-refractivity contribution in [3.8, 4) is 0 Å². The molecule has 78 valence electrons. The second-order valence-corrected chi connectivity index (χ2v) is 3.83. The maximum atomic E-state index is 2.51. The summed E-state index contributed by atoms with van der Waals surface area (Å²) in [6.07, 6.45) is 4.12. The SMILES string of the molecule is Cc1ccccc1N1CCCCC1.Cl. The number of nitrogens with zero attached hydrogens (tertiary/aromatic N) is 1. The quantitative estimate of drug-likeness (QED) is 0.688. The summed E-state index contributed by atoms with van der Waals surface area (Å²) in [4.78, 5) is 2.51. The molecule has 2 heteroatoms. The molecule has 1 aliphatic heterocycles. The third-order valence-electron chi connectivity index (χ3n) is 2.81. The summed E-state index contributed by atoms with van der Waals surface area (Å²) < 4.78 is 0. The Labute approximate surface area is 92.5 Å². The first-order valence-electron chi connectivity index (χ1n) is 5.18. The van der Waals surface area contributed by atoms with Crippen molar-refractivity contribution in [2.75, 3.05) is 18.0 Å². The molecule has 0 radical (unpaired) electrons. The van der Waals surface area contributed by atoms with Crippen LogP contribution in [-0.4, -0.2) is 13.1 Å². The second-order valence-electron chi connectivity index (χ2n) is 3.83. The van der Waals surface area contributed by atoms with E-state index >= 15 is 0 Å². The normalized spacial score (nSPS) is 16.2. The Morgan fingerprint density at radius 3 is 2.29 bits per heavy atom. The van der Waals surface area contributed by atoms with Crippen molar-refractivity contribution in [2.45, 2.75) is 26.2 Å². The molecule has 1 aromatic rings. The van der Waals surface area contributed by atoms with Gasteiger partial charge in [0.15, 0.2) is 0 Å². The van der Waals surface area contributed by atoms with Gasteiger partial charge in [-0.25, -0.2) is 0 Å². The van der Waals surface area contributed by atoms with Crippen LogP contribution in [0.15, 0.2) is 24.3 Å². The van der Waals surface area contributed by atoms with Crippen LogP contribution in [0.1, 0.15) is 24.8 Å². The Bertz CT molecular complexity index is 279. The third kappa shape index (κ3) is 2.42. The van der Waals surface area contributed by atoms with Crippen LogP contribution >= 0.6 is 12.4 Å². The van der Waals surface area contributed by atoms with Crippen molar-refractivity contribution in [3.05, 3.63) is 29.8 Å². The Hall–Kier alpha value is -0.690. The number of anilines is 1. The summed E-state index contributed by atoms with van der Waals surface area (Å²) >= 11 is 0. The summed E-state index contributed by atoms with van der Waals surface area (Å²) in [6, 6.07) is 8.68. The number of para-hydroxylation sites is 1. The number of rotatable bonds is 1. The number of piperidine rings is 1. The van der Waals surface area contributed by atoms with E-state index in [1.165, 1.54) is 43.6 Å². The van der Waals surface area contributed by atoms with Gasteiger partial charge in [-0.2, -0.15) is 0 Å². The topological polar surface area (TPSA) is 3.24 Å². The molecule has 0 unspecified atom stereocenters. The van der Waals surface area contributed by atoms with E-state index in [2.05, 4.69) is 36.1 Å². The average Bonchev–Trinajstić information content (AvgIpc) is 2.20. The van der Waals surface area contributed by atoms with E-state index in [-0.39, 0.29) is 12.4 Å². The van der Waals surface area contributed by atoms with Crippen molar-refractivity contribution in [1.82, 2.24) is 0 Å². The molecule has 0 N–H and O–H groups in total. The van der Waals surface area contributed by atoms with Gasteiger partial charge in [-0.3, -0.25) is 0 Å². The van der Waals surface area contributed by atoms with Gasteiger partial charge in [0.05, 0.1) is 0 Å². The van der Waals surface area contributed by atoms with E-state index in [9.17, 15) is 0 Å². The molecule has 0 atom stereocenters. The van der Waals surface area contributed by atoms with Gasteiger partial charge in [0, 0.05) is 18.8 Å². The van der Waals surface area contributed by atoms with E-state index in [0.717, 1.165) is 0 Å². The minimum atomic E-state index is 0. The first kappa shape index (κ1) is 11.4. The van der Waals surface area contributed by atoms with Crippen molar-refractivity contribution in [3.63, 3.8) is 0 Å². The highest BCUT2D eigenvalue weighted by molar-refractivity contribution is 5.85. The van der Waals surface area contributed by atoms with Gasteiger partial charge in [0.1, 0.15) is 0 Å². The van der Waals surface area contributed by atoms with E-state index in [1.807, 2.05) is 0 Å². The molecule has 0 spiro atoms. The van der Waals surface area contributed by atoms with E-state index in [0.29, 0.717) is 0 Å². The highest BCUT2D eigenvalue weighted by Gasteiger charge is 2.11. The molecule has 1 aromatic carbocycles. The van der Waals surface area contributed by atoms with Gasteiger partial charge in [-0.05, 0) is 37.8 Å². The first-order chi connectivity index (χ1) is 6.38. The highest BCUT2D eigenvalue weighted by Crippen LogP contribution is 2.22. The lowest BCUT2D eigenvalue weighted by Gasteiger charge is -2.30. The molecule has 1 saturated heterocycles. The lowest BCUT2D eigenvalue weighted by Crippen LogP contribution is -2.29. The monoisotopic (exact) mass is 211 g/mol. The predicted molar refractivity (Wildman–Crippen MR) is 64.5 cm³/mol. The number of hydrogen-bond acceptors (Lipinski definition) is 1. The Morgan fingerprint density at radius 1 is 1.00 bits per heavy atom. The molecule has 1 nitrogen and oxygen atoms in total. The molecular weight excluding hydrogens is 194 g/mol. The number of aryl methyl sites for hydroxylation is 1. The molecule has 14 heavy (non-hydrogen) atoms. The van der Waals surface area contributed by atoms with Crippen LogP contribution in [0.4, 0.5) is 5.69 Å². The zero-order chi connectivity index (χ0) is 9.10. The van der Waals surface area contributed by atoms with Crippen LogP contribution in [0.2, 0.25) is 0 Å². The molecule has 0 amide bonds. The van der Waals surface area contributed by atoms with Gasteiger partial charge in [-0.1, -0.05) is 18.2 Å². The summed E-state index contributed by atoms with van der Waals surface area (Å²) in [6.45, 7) is 4.68. The third-order valence-corrected chi connectivity index (χ3v) is 2.81.